The zero-order valence-corrected chi connectivity index (χ0v) is 10.8. The lowest BCUT2D eigenvalue weighted by Crippen LogP contribution is -2.28. The van der Waals surface area contributed by atoms with E-state index in [1.165, 1.54) is 58.2 Å². The van der Waals surface area contributed by atoms with E-state index >= 15 is 0 Å². The third kappa shape index (κ3) is 3.48. The SMILES string of the molecule is CC(C)(C)CCC1(CN2CCCC2)CC1. The van der Waals surface area contributed by atoms with Gasteiger partial charge in [-0.05, 0) is 62.4 Å². The Kier molecular flexibility index (Phi) is 3.12. The van der Waals surface area contributed by atoms with E-state index in [2.05, 4.69) is 25.7 Å². The van der Waals surface area contributed by atoms with Crippen molar-refractivity contribution in [3.63, 3.8) is 0 Å². The van der Waals surface area contributed by atoms with Crippen molar-refractivity contribution in [2.75, 3.05) is 19.6 Å². The van der Waals surface area contributed by atoms with Crippen molar-refractivity contribution in [2.45, 2.75) is 59.3 Å². The maximum Gasteiger partial charge on any atom is 0.00380 e. The molecule has 1 heterocycles. The summed E-state index contributed by atoms with van der Waals surface area (Å²) in [7, 11) is 0. The molecule has 1 heteroatoms. The summed E-state index contributed by atoms with van der Waals surface area (Å²) in [4.78, 5) is 2.70. The van der Waals surface area contributed by atoms with Gasteiger partial charge in [-0.1, -0.05) is 20.8 Å². The van der Waals surface area contributed by atoms with Crippen LogP contribution in [0.2, 0.25) is 0 Å². The third-order valence-corrected chi connectivity index (χ3v) is 4.12. The fourth-order valence-electron chi connectivity index (χ4n) is 2.72. The Morgan fingerprint density at radius 1 is 1.07 bits per heavy atom. The molecular weight excluding hydrogens is 182 g/mol. The molecule has 88 valence electrons. The quantitative estimate of drug-likeness (QED) is 0.682. The van der Waals surface area contributed by atoms with Crippen LogP contribution in [0, 0.1) is 10.8 Å². The minimum Gasteiger partial charge on any atom is -0.303 e. The van der Waals surface area contributed by atoms with Gasteiger partial charge >= 0.3 is 0 Å². The summed E-state index contributed by atoms with van der Waals surface area (Å²) in [6.07, 6.45) is 8.75. The molecule has 2 aliphatic rings. The van der Waals surface area contributed by atoms with Crippen LogP contribution in [0.4, 0.5) is 0 Å². The zero-order chi connectivity index (χ0) is 10.9. The Labute approximate surface area is 95.2 Å². The second-order valence-corrected chi connectivity index (χ2v) is 7.04. The van der Waals surface area contributed by atoms with Gasteiger partial charge in [0.15, 0.2) is 0 Å². The highest BCUT2D eigenvalue weighted by Crippen LogP contribution is 2.51. The van der Waals surface area contributed by atoms with Crippen LogP contribution < -0.4 is 0 Å². The Balaban J connectivity index is 1.75. The summed E-state index contributed by atoms with van der Waals surface area (Å²) in [5.41, 5.74) is 1.28. The summed E-state index contributed by atoms with van der Waals surface area (Å²) in [6.45, 7) is 11.3. The summed E-state index contributed by atoms with van der Waals surface area (Å²) < 4.78 is 0. The molecule has 2 rings (SSSR count). The van der Waals surface area contributed by atoms with E-state index in [4.69, 9.17) is 0 Å². The van der Waals surface area contributed by atoms with E-state index in [0.717, 1.165) is 5.41 Å². The second kappa shape index (κ2) is 4.08. The van der Waals surface area contributed by atoms with Crippen LogP contribution in [0.3, 0.4) is 0 Å². The number of likely N-dealkylation sites (tertiary alicyclic amines) is 1. The first-order valence-corrected chi connectivity index (χ1v) is 6.72. The fraction of sp³-hybridized carbons (Fsp3) is 1.00. The zero-order valence-electron chi connectivity index (χ0n) is 10.8. The Morgan fingerprint density at radius 3 is 2.13 bits per heavy atom. The van der Waals surface area contributed by atoms with Crippen molar-refractivity contribution >= 4 is 0 Å². The van der Waals surface area contributed by atoms with Gasteiger partial charge in [0.1, 0.15) is 0 Å². The molecule has 0 bridgehead atoms. The van der Waals surface area contributed by atoms with Crippen molar-refractivity contribution in [1.29, 1.82) is 0 Å². The van der Waals surface area contributed by atoms with Gasteiger partial charge in [0.25, 0.3) is 0 Å². The van der Waals surface area contributed by atoms with E-state index in [1.54, 1.807) is 0 Å². The van der Waals surface area contributed by atoms with Gasteiger partial charge in [-0.25, -0.2) is 0 Å². The van der Waals surface area contributed by atoms with E-state index < -0.39 is 0 Å². The molecule has 1 saturated carbocycles. The number of hydrogen-bond acceptors (Lipinski definition) is 1. The van der Waals surface area contributed by atoms with Crippen LogP contribution in [0.5, 0.6) is 0 Å². The Morgan fingerprint density at radius 2 is 1.67 bits per heavy atom. The van der Waals surface area contributed by atoms with Crippen molar-refractivity contribution in [2.24, 2.45) is 10.8 Å². The summed E-state index contributed by atoms with van der Waals surface area (Å²) >= 11 is 0. The number of hydrogen-bond donors (Lipinski definition) is 0. The van der Waals surface area contributed by atoms with Crippen LogP contribution in [0.1, 0.15) is 59.3 Å². The highest BCUT2D eigenvalue weighted by Gasteiger charge is 2.43. The van der Waals surface area contributed by atoms with Gasteiger partial charge in [0.05, 0.1) is 0 Å². The molecule has 0 radical (unpaired) electrons. The van der Waals surface area contributed by atoms with E-state index in [-0.39, 0.29) is 0 Å². The first kappa shape index (κ1) is 11.4. The van der Waals surface area contributed by atoms with Crippen molar-refractivity contribution < 1.29 is 0 Å². The smallest absolute Gasteiger partial charge is 0.00380 e. The maximum absolute atomic E-state index is 2.70. The predicted octanol–water partition coefficient (Wildman–Crippen LogP) is 3.69. The lowest BCUT2D eigenvalue weighted by molar-refractivity contribution is 0.227. The normalized spacial score (nSPS) is 25.8. The van der Waals surface area contributed by atoms with E-state index in [0.29, 0.717) is 5.41 Å². The number of rotatable bonds is 4. The average Bonchev–Trinajstić information content (AvgIpc) is 2.69. The topological polar surface area (TPSA) is 3.24 Å². The molecule has 2 fully saturated rings. The van der Waals surface area contributed by atoms with Crippen LogP contribution in [-0.4, -0.2) is 24.5 Å². The second-order valence-electron chi connectivity index (χ2n) is 7.04. The molecule has 0 N–H and O–H groups in total. The van der Waals surface area contributed by atoms with Crippen LogP contribution >= 0.6 is 0 Å². The monoisotopic (exact) mass is 209 g/mol. The highest BCUT2D eigenvalue weighted by atomic mass is 15.1. The number of nitrogens with zero attached hydrogens (tertiary/aromatic N) is 1. The maximum atomic E-state index is 2.70. The Hall–Kier alpha value is -0.0400. The molecule has 0 atom stereocenters. The first-order valence-electron chi connectivity index (χ1n) is 6.72. The minimum absolute atomic E-state index is 0.528. The molecule has 0 aromatic carbocycles. The van der Waals surface area contributed by atoms with Gasteiger partial charge in [-0.2, -0.15) is 0 Å². The van der Waals surface area contributed by atoms with Gasteiger partial charge in [0.2, 0.25) is 0 Å². The molecule has 0 amide bonds. The molecule has 0 aromatic rings. The van der Waals surface area contributed by atoms with Gasteiger partial charge in [-0.3, -0.25) is 0 Å². The summed E-state index contributed by atoms with van der Waals surface area (Å²) in [5, 5.41) is 0. The molecule has 1 nitrogen and oxygen atoms in total. The molecule has 0 spiro atoms. The standard InChI is InChI=1S/C14H27N/c1-13(2,3)6-7-14(8-9-14)12-15-10-4-5-11-15/h4-12H2,1-3H3. The van der Waals surface area contributed by atoms with Crippen molar-refractivity contribution in [3.8, 4) is 0 Å². The molecule has 15 heavy (non-hydrogen) atoms. The van der Waals surface area contributed by atoms with E-state index in [1.807, 2.05) is 0 Å². The van der Waals surface area contributed by atoms with Crippen LogP contribution in [0.25, 0.3) is 0 Å². The third-order valence-electron chi connectivity index (χ3n) is 4.12. The van der Waals surface area contributed by atoms with E-state index in [9.17, 15) is 0 Å². The first-order chi connectivity index (χ1) is 6.99. The van der Waals surface area contributed by atoms with Gasteiger partial charge in [-0.15, -0.1) is 0 Å². The Bertz CT molecular complexity index is 204. The van der Waals surface area contributed by atoms with Crippen molar-refractivity contribution in [3.05, 3.63) is 0 Å². The molecule has 0 unspecified atom stereocenters. The largest absolute Gasteiger partial charge is 0.303 e. The molecule has 0 aromatic heterocycles. The molecule has 1 aliphatic heterocycles. The van der Waals surface area contributed by atoms with Crippen LogP contribution in [-0.2, 0) is 0 Å². The van der Waals surface area contributed by atoms with Crippen molar-refractivity contribution in [1.82, 2.24) is 4.90 Å². The van der Waals surface area contributed by atoms with Crippen LogP contribution in [0.15, 0.2) is 0 Å². The average molecular weight is 209 g/mol. The van der Waals surface area contributed by atoms with Gasteiger partial charge in [0, 0.05) is 6.54 Å². The summed E-state index contributed by atoms with van der Waals surface area (Å²) in [6, 6.07) is 0. The predicted molar refractivity (Wildman–Crippen MR) is 66.0 cm³/mol. The molecular formula is C14H27N. The highest BCUT2D eigenvalue weighted by molar-refractivity contribution is 4.96. The summed E-state index contributed by atoms with van der Waals surface area (Å²) in [5.74, 6) is 0. The van der Waals surface area contributed by atoms with Gasteiger partial charge < -0.3 is 4.90 Å². The lowest BCUT2D eigenvalue weighted by Gasteiger charge is -2.26. The molecule has 1 saturated heterocycles. The molecule has 1 aliphatic carbocycles. The fourth-order valence-corrected chi connectivity index (χ4v) is 2.72. The lowest BCUT2D eigenvalue weighted by atomic mass is 9.85. The minimum atomic E-state index is 0.528.